The molecule has 2 amide bonds. The monoisotopic (exact) mass is 367 g/mol. The van der Waals surface area contributed by atoms with Crippen LogP contribution in [0, 0.1) is 5.92 Å². The van der Waals surface area contributed by atoms with Crippen LogP contribution in [-0.4, -0.2) is 44.2 Å². The molecular formula is C17H25N3O4S. The number of rotatable bonds is 8. The van der Waals surface area contributed by atoms with Gasteiger partial charge in [-0.2, -0.15) is 4.31 Å². The van der Waals surface area contributed by atoms with E-state index in [2.05, 4.69) is 0 Å². The molecule has 1 saturated heterocycles. The van der Waals surface area contributed by atoms with Crippen LogP contribution in [-0.2, 0) is 19.6 Å². The zero-order valence-electron chi connectivity index (χ0n) is 14.6. The number of carbonyl (C=O) groups excluding carboxylic acids is 2. The first-order chi connectivity index (χ1) is 11.8. The minimum absolute atomic E-state index is 0.0934. The smallest absolute Gasteiger partial charge is 0.243 e. The second kappa shape index (κ2) is 7.97. The van der Waals surface area contributed by atoms with Crippen LogP contribution in [0.15, 0.2) is 29.2 Å². The molecule has 1 aliphatic heterocycles. The fourth-order valence-corrected chi connectivity index (χ4v) is 4.57. The topological polar surface area (TPSA) is 101 Å². The van der Waals surface area contributed by atoms with E-state index in [4.69, 9.17) is 5.73 Å². The van der Waals surface area contributed by atoms with Crippen molar-refractivity contribution in [2.45, 2.75) is 38.0 Å². The number of anilines is 1. The van der Waals surface area contributed by atoms with Crippen LogP contribution < -0.4 is 10.6 Å². The number of primary amides is 1. The summed E-state index contributed by atoms with van der Waals surface area (Å²) in [4.78, 5) is 25.0. The highest BCUT2D eigenvalue weighted by molar-refractivity contribution is 7.89. The van der Waals surface area contributed by atoms with Crippen LogP contribution in [0.1, 0.15) is 33.1 Å². The summed E-state index contributed by atoms with van der Waals surface area (Å²) in [7, 11) is -3.55. The Labute approximate surface area is 148 Å². The molecule has 1 aromatic carbocycles. The Morgan fingerprint density at radius 1 is 1.20 bits per heavy atom. The summed E-state index contributed by atoms with van der Waals surface area (Å²) >= 11 is 0. The Morgan fingerprint density at radius 3 is 2.20 bits per heavy atom. The molecule has 2 N–H and O–H groups in total. The molecule has 7 nitrogen and oxygen atoms in total. The zero-order chi connectivity index (χ0) is 18.6. The van der Waals surface area contributed by atoms with Gasteiger partial charge < -0.3 is 10.6 Å². The third kappa shape index (κ3) is 4.19. The first-order valence-electron chi connectivity index (χ1n) is 8.51. The van der Waals surface area contributed by atoms with Crippen LogP contribution >= 0.6 is 0 Å². The maximum absolute atomic E-state index is 12.7. The lowest BCUT2D eigenvalue weighted by molar-refractivity contribution is -0.123. The van der Waals surface area contributed by atoms with Gasteiger partial charge in [-0.3, -0.25) is 9.59 Å². The van der Waals surface area contributed by atoms with Crippen molar-refractivity contribution in [3.8, 4) is 0 Å². The molecule has 0 aromatic heterocycles. The van der Waals surface area contributed by atoms with Gasteiger partial charge in [0.05, 0.1) is 10.8 Å². The van der Waals surface area contributed by atoms with Crippen molar-refractivity contribution in [3.05, 3.63) is 24.3 Å². The molecule has 25 heavy (non-hydrogen) atoms. The van der Waals surface area contributed by atoms with Crippen molar-refractivity contribution in [3.63, 3.8) is 0 Å². The molecule has 0 saturated carbocycles. The van der Waals surface area contributed by atoms with Crippen molar-refractivity contribution >= 4 is 27.5 Å². The van der Waals surface area contributed by atoms with E-state index in [-0.39, 0.29) is 23.8 Å². The molecule has 1 atom stereocenters. The molecule has 0 unspecified atom stereocenters. The van der Waals surface area contributed by atoms with Gasteiger partial charge in [0.25, 0.3) is 0 Å². The van der Waals surface area contributed by atoms with Crippen LogP contribution in [0.5, 0.6) is 0 Å². The minimum Gasteiger partial charge on any atom is -0.369 e. The van der Waals surface area contributed by atoms with Gasteiger partial charge in [-0.1, -0.05) is 13.8 Å². The van der Waals surface area contributed by atoms with E-state index in [0.717, 1.165) is 12.8 Å². The molecule has 0 spiro atoms. The number of sulfonamides is 1. The van der Waals surface area contributed by atoms with E-state index in [9.17, 15) is 18.0 Å². The third-order valence-corrected chi connectivity index (χ3v) is 6.17. The molecule has 2 rings (SSSR count). The minimum atomic E-state index is -3.55. The number of nitrogens with zero attached hydrogens (tertiary/aromatic N) is 2. The van der Waals surface area contributed by atoms with Crippen molar-refractivity contribution < 1.29 is 18.0 Å². The summed E-state index contributed by atoms with van der Waals surface area (Å²) in [6.07, 6.45) is 1.58. The Balaban J connectivity index is 2.22. The predicted octanol–water partition coefficient (Wildman–Crippen LogP) is 1.34. The second-order valence-electron chi connectivity index (χ2n) is 6.21. The number of amides is 2. The van der Waals surface area contributed by atoms with Crippen molar-refractivity contribution in [2.24, 2.45) is 11.7 Å². The predicted molar refractivity (Wildman–Crippen MR) is 95.4 cm³/mol. The van der Waals surface area contributed by atoms with E-state index in [1.807, 2.05) is 13.8 Å². The van der Waals surface area contributed by atoms with Gasteiger partial charge in [0, 0.05) is 31.7 Å². The highest BCUT2D eigenvalue weighted by atomic mass is 32.2. The number of hydrogen-bond acceptors (Lipinski definition) is 4. The van der Waals surface area contributed by atoms with Gasteiger partial charge in [0.2, 0.25) is 21.8 Å². The lowest BCUT2D eigenvalue weighted by Gasteiger charge is -2.22. The molecule has 0 bridgehead atoms. The van der Waals surface area contributed by atoms with Gasteiger partial charge in [-0.05, 0) is 37.1 Å². The first kappa shape index (κ1) is 19.4. The van der Waals surface area contributed by atoms with Gasteiger partial charge in [-0.15, -0.1) is 0 Å². The molecule has 0 aliphatic carbocycles. The summed E-state index contributed by atoms with van der Waals surface area (Å²) in [5.74, 6) is -1.18. The molecule has 0 radical (unpaired) electrons. The van der Waals surface area contributed by atoms with E-state index < -0.39 is 21.8 Å². The summed E-state index contributed by atoms with van der Waals surface area (Å²) < 4.78 is 26.9. The molecule has 138 valence electrons. The van der Waals surface area contributed by atoms with Gasteiger partial charge >= 0.3 is 0 Å². The van der Waals surface area contributed by atoms with Crippen molar-refractivity contribution in [2.75, 3.05) is 24.5 Å². The molecule has 1 aliphatic rings. The maximum Gasteiger partial charge on any atom is 0.243 e. The lowest BCUT2D eigenvalue weighted by Crippen LogP contribution is -2.32. The molecular weight excluding hydrogens is 342 g/mol. The Kier molecular flexibility index (Phi) is 6.18. The van der Waals surface area contributed by atoms with Crippen molar-refractivity contribution in [1.29, 1.82) is 0 Å². The van der Waals surface area contributed by atoms with Crippen LogP contribution in [0.3, 0.4) is 0 Å². The molecule has 8 heteroatoms. The van der Waals surface area contributed by atoms with Gasteiger partial charge in [0.15, 0.2) is 0 Å². The summed E-state index contributed by atoms with van der Waals surface area (Å²) in [5, 5.41) is 0. The fourth-order valence-electron chi connectivity index (χ4n) is 2.95. The average Bonchev–Trinajstić information content (AvgIpc) is 2.97. The number of benzene rings is 1. The van der Waals surface area contributed by atoms with E-state index in [0.29, 0.717) is 18.8 Å². The zero-order valence-corrected chi connectivity index (χ0v) is 15.5. The average molecular weight is 367 g/mol. The number of hydrogen-bond donors (Lipinski definition) is 1. The largest absolute Gasteiger partial charge is 0.369 e. The highest BCUT2D eigenvalue weighted by Crippen LogP contribution is 2.27. The Hall–Kier alpha value is -1.93. The summed E-state index contributed by atoms with van der Waals surface area (Å²) in [5.41, 5.74) is 5.84. The maximum atomic E-state index is 12.7. The second-order valence-corrected chi connectivity index (χ2v) is 8.14. The summed E-state index contributed by atoms with van der Waals surface area (Å²) in [6, 6.07) is 6.22. The normalized spacial score (nSPS) is 18.1. The SMILES string of the molecule is CCCN(CCC)S(=O)(=O)c1ccc(N2C[C@@H](C(N)=O)CC2=O)cc1. The molecule has 1 heterocycles. The Morgan fingerprint density at radius 2 is 1.76 bits per heavy atom. The third-order valence-electron chi connectivity index (χ3n) is 4.26. The van der Waals surface area contributed by atoms with E-state index in [1.165, 1.54) is 21.3 Å². The van der Waals surface area contributed by atoms with E-state index >= 15 is 0 Å². The fraction of sp³-hybridized carbons (Fsp3) is 0.529. The van der Waals surface area contributed by atoms with Crippen LogP contribution in [0.2, 0.25) is 0 Å². The van der Waals surface area contributed by atoms with Crippen LogP contribution in [0.25, 0.3) is 0 Å². The lowest BCUT2D eigenvalue weighted by atomic mass is 10.1. The highest BCUT2D eigenvalue weighted by Gasteiger charge is 2.34. The van der Waals surface area contributed by atoms with Crippen molar-refractivity contribution in [1.82, 2.24) is 4.31 Å². The van der Waals surface area contributed by atoms with Gasteiger partial charge in [0.1, 0.15) is 0 Å². The Bertz CT molecular complexity index is 725. The summed E-state index contributed by atoms with van der Waals surface area (Å²) in [6.45, 7) is 5.06. The van der Waals surface area contributed by atoms with Crippen LogP contribution in [0.4, 0.5) is 5.69 Å². The standard InChI is InChI=1S/C17H25N3O4S/c1-3-9-19(10-4-2)25(23,24)15-7-5-14(6-8-15)20-12-13(17(18)22)11-16(20)21/h5-8,13H,3-4,9-12H2,1-2H3,(H2,18,22)/t13-/m0/s1. The quantitative estimate of drug-likeness (QED) is 0.749. The molecule has 1 aromatic rings. The molecule has 1 fully saturated rings. The van der Waals surface area contributed by atoms with Gasteiger partial charge in [-0.25, -0.2) is 8.42 Å². The van der Waals surface area contributed by atoms with E-state index in [1.54, 1.807) is 12.1 Å². The first-order valence-corrected chi connectivity index (χ1v) is 9.95. The number of nitrogens with two attached hydrogens (primary N) is 1. The number of carbonyl (C=O) groups is 2.